The van der Waals surface area contributed by atoms with Gasteiger partial charge in [0.05, 0.1) is 16.6 Å². The molecule has 0 fully saturated rings. The van der Waals surface area contributed by atoms with Crippen molar-refractivity contribution in [2.45, 2.75) is 13.0 Å². The van der Waals surface area contributed by atoms with Crippen LogP contribution < -0.4 is 10.1 Å². The van der Waals surface area contributed by atoms with Gasteiger partial charge in [-0.25, -0.2) is 9.78 Å². The van der Waals surface area contributed by atoms with Gasteiger partial charge in [-0.05, 0) is 66.1 Å². The maximum atomic E-state index is 13.0. The van der Waals surface area contributed by atoms with Gasteiger partial charge >= 0.3 is 5.97 Å². The first-order valence-corrected chi connectivity index (χ1v) is 10.8. The lowest BCUT2D eigenvalue weighted by molar-refractivity contribution is 0.0696. The number of carboxylic acid groups (broad SMARTS) is 1. The van der Waals surface area contributed by atoms with E-state index in [1.807, 2.05) is 24.3 Å². The van der Waals surface area contributed by atoms with Crippen molar-refractivity contribution < 1.29 is 19.4 Å². The van der Waals surface area contributed by atoms with Crippen LogP contribution in [0.1, 0.15) is 39.2 Å². The van der Waals surface area contributed by atoms with Gasteiger partial charge in [-0.1, -0.05) is 35.9 Å². The molecule has 170 valence electrons. The van der Waals surface area contributed by atoms with E-state index >= 15 is 0 Å². The summed E-state index contributed by atoms with van der Waals surface area (Å²) in [6.45, 7) is 1.80. The Kier molecular flexibility index (Phi) is 6.85. The number of aromatic nitrogens is 2. The van der Waals surface area contributed by atoms with Gasteiger partial charge in [-0.2, -0.15) is 0 Å². The second-order valence-electron chi connectivity index (χ2n) is 7.49. The average Bonchev–Trinajstić information content (AvgIpc) is 2.86. The van der Waals surface area contributed by atoms with Crippen LogP contribution in [0.15, 0.2) is 85.3 Å². The number of halogens is 1. The molecule has 7 nitrogen and oxygen atoms in total. The van der Waals surface area contributed by atoms with Crippen LogP contribution in [0.5, 0.6) is 11.6 Å². The highest BCUT2D eigenvalue weighted by Crippen LogP contribution is 2.28. The fourth-order valence-electron chi connectivity index (χ4n) is 3.31. The second kappa shape index (κ2) is 10.1. The van der Waals surface area contributed by atoms with Gasteiger partial charge in [0.1, 0.15) is 11.3 Å². The third-order valence-electron chi connectivity index (χ3n) is 5.15. The molecule has 8 heteroatoms. The monoisotopic (exact) mass is 473 g/mol. The molecule has 4 rings (SSSR count). The topological polar surface area (TPSA) is 101 Å². The van der Waals surface area contributed by atoms with Crippen LogP contribution in [0.2, 0.25) is 5.02 Å². The van der Waals surface area contributed by atoms with Crippen LogP contribution >= 0.6 is 11.6 Å². The van der Waals surface area contributed by atoms with E-state index in [0.29, 0.717) is 10.8 Å². The number of hydrogen-bond acceptors (Lipinski definition) is 5. The first kappa shape index (κ1) is 22.9. The molecule has 0 spiro atoms. The summed E-state index contributed by atoms with van der Waals surface area (Å²) >= 11 is 6.09. The van der Waals surface area contributed by atoms with Crippen LogP contribution in [0.4, 0.5) is 0 Å². The summed E-state index contributed by atoms with van der Waals surface area (Å²) in [5.74, 6) is -0.803. The van der Waals surface area contributed by atoms with Crippen molar-refractivity contribution in [2.75, 3.05) is 0 Å². The van der Waals surface area contributed by atoms with Gasteiger partial charge < -0.3 is 15.2 Å². The van der Waals surface area contributed by atoms with Gasteiger partial charge in [0.2, 0.25) is 5.88 Å². The third kappa shape index (κ3) is 5.39. The Labute approximate surface area is 201 Å². The Morgan fingerprint density at radius 3 is 2.26 bits per heavy atom. The Balaban J connectivity index is 1.51. The van der Waals surface area contributed by atoms with Gasteiger partial charge in [0, 0.05) is 18.6 Å². The predicted molar refractivity (Wildman–Crippen MR) is 128 cm³/mol. The third-order valence-corrected chi connectivity index (χ3v) is 5.36. The number of carbonyl (C=O) groups is 2. The minimum Gasteiger partial charge on any atom is -0.478 e. The standard InChI is InChI=1S/C26H20ClN3O4/c1-16(17-2-4-20(5-3-17)26(32)33)30-24(31)23-14-21(27)15-29-25(23)34-22-8-6-18(7-9-22)19-10-12-28-13-11-19/h2-16H,1H3,(H,30,31)(H,32,33)/t16-/m0/s1. The van der Waals surface area contributed by atoms with E-state index in [9.17, 15) is 9.59 Å². The molecule has 0 aliphatic rings. The molecule has 34 heavy (non-hydrogen) atoms. The molecule has 0 aliphatic carbocycles. The summed E-state index contributed by atoms with van der Waals surface area (Å²) < 4.78 is 5.90. The highest BCUT2D eigenvalue weighted by molar-refractivity contribution is 6.30. The molecule has 0 aliphatic heterocycles. The van der Waals surface area contributed by atoms with E-state index in [4.69, 9.17) is 21.4 Å². The molecule has 0 saturated heterocycles. The predicted octanol–water partition coefficient (Wildman–Crippen LogP) is 5.78. The Morgan fingerprint density at radius 2 is 1.62 bits per heavy atom. The summed E-state index contributed by atoms with van der Waals surface area (Å²) in [5.41, 5.74) is 3.13. The molecule has 0 bridgehead atoms. The van der Waals surface area contributed by atoms with E-state index in [1.165, 1.54) is 24.4 Å². The molecule has 4 aromatic rings. The molecular formula is C26H20ClN3O4. The largest absolute Gasteiger partial charge is 0.478 e. The zero-order chi connectivity index (χ0) is 24.1. The lowest BCUT2D eigenvalue weighted by Gasteiger charge is -2.16. The zero-order valence-corrected chi connectivity index (χ0v) is 18.9. The SMILES string of the molecule is C[C@H](NC(=O)c1cc(Cl)cnc1Oc1ccc(-c2ccncc2)cc1)c1ccc(C(=O)O)cc1. The number of amides is 1. The van der Waals surface area contributed by atoms with Gasteiger partial charge in [0.15, 0.2) is 0 Å². The Bertz CT molecular complexity index is 1310. The van der Waals surface area contributed by atoms with Crippen molar-refractivity contribution in [1.29, 1.82) is 0 Å². The van der Waals surface area contributed by atoms with E-state index in [-0.39, 0.29) is 23.0 Å². The molecule has 2 N–H and O–H groups in total. The van der Waals surface area contributed by atoms with Crippen molar-refractivity contribution in [3.8, 4) is 22.8 Å². The van der Waals surface area contributed by atoms with Crippen LogP contribution in [-0.4, -0.2) is 27.0 Å². The summed E-state index contributed by atoms with van der Waals surface area (Å²) in [6.07, 6.45) is 4.86. The zero-order valence-electron chi connectivity index (χ0n) is 18.1. The van der Waals surface area contributed by atoms with Crippen molar-refractivity contribution in [2.24, 2.45) is 0 Å². The first-order valence-electron chi connectivity index (χ1n) is 10.4. The van der Waals surface area contributed by atoms with Gasteiger partial charge in [0.25, 0.3) is 5.91 Å². The molecule has 1 amide bonds. The molecular weight excluding hydrogens is 454 g/mol. The van der Waals surface area contributed by atoms with Crippen LogP contribution in [0, 0.1) is 0 Å². The summed E-state index contributed by atoms with van der Waals surface area (Å²) in [5, 5.41) is 12.2. The molecule has 2 aromatic heterocycles. The van der Waals surface area contributed by atoms with Gasteiger partial charge in [-0.15, -0.1) is 0 Å². The summed E-state index contributed by atoms with van der Waals surface area (Å²) in [7, 11) is 0. The van der Waals surface area contributed by atoms with Crippen molar-refractivity contribution in [3.63, 3.8) is 0 Å². The molecule has 2 heterocycles. The molecule has 0 unspecified atom stereocenters. The number of nitrogens with one attached hydrogen (secondary N) is 1. The highest BCUT2D eigenvalue weighted by atomic mass is 35.5. The number of pyridine rings is 2. The van der Waals surface area contributed by atoms with Crippen molar-refractivity contribution in [1.82, 2.24) is 15.3 Å². The van der Waals surface area contributed by atoms with E-state index in [2.05, 4.69) is 15.3 Å². The average molecular weight is 474 g/mol. The molecule has 0 saturated carbocycles. The smallest absolute Gasteiger partial charge is 0.335 e. The number of carbonyl (C=O) groups excluding carboxylic acids is 1. The second-order valence-corrected chi connectivity index (χ2v) is 7.93. The van der Waals surface area contributed by atoms with E-state index < -0.39 is 11.9 Å². The summed E-state index contributed by atoms with van der Waals surface area (Å²) in [4.78, 5) is 32.3. The molecule has 1 atom stereocenters. The maximum Gasteiger partial charge on any atom is 0.335 e. The number of aromatic carboxylic acids is 1. The quantitative estimate of drug-likeness (QED) is 0.353. The lowest BCUT2D eigenvalue weighted by Crippen LogP contribution is -2.27. The Morgan fingerprint density at radius 1 is 0.971 bits per heavy atom. The number of carboxylic acids is 1. The minimum atomic E-state index is -1.01. The highest BCUT2D eigenvalue weighted by Gasteiger charge is 2.19. The van der Waals surface area contributed by atoms with Crippen LogP contribution in [0.3, 0.4) is 0 Å². The number of benzene rings is 2. The number of nitrogens with zero attached hydrogens (tertiary/aromatic N) is 2. The van der Waals surface area contributed by atoms with Crippen molar-refractivity contribution >= 4 is 23.5 Å². The fourth-order valence-corrected chi connectivity index (χ4v) is 3.47. The van der Waals surface area contributed by atoms with Crippen molar-refractivity contribution in [3.05, 3.63) is 107 Å². The minimum absolute atomic E-state index is 0.118. The maximum absolute atomic E-state index is 13.0. The van der Waals surface area contributed by atoms with E-state index in [0.717, 1.165) is 16.7 Å². The lowest BCUT2D eigenvalue weighted by atomic mass is 10.1. The number of ether oxygens (including phenoxy) is 1. The van der Waals surface area contributed by atoms with E-state index in [1.54, 1.807) is 43.6 Å². The normalized spacial score (nSPS) is 11.5. The first-order chi connectivity index (χ1) is 16.4. The molecule has 0 radical (unpaired) electrons. The van der Waals surface area contributed by atoms with Crippen LogP contribution in [0.25, 0.3) is 11.1 Å². The fraction of sp³-hybridized carbons (Fsp3) is 0.0769. The van der Waals surface area contributed by atoms with Crippen LogP contribution in [-0.2, 0) is 0 Å². The number of rotatable bonds is 7. The Hall–Kier alpha value is -4.23. The summed E-state index contributed by atoms with van der Waals surface area (Å²) in [6, 6.07) is 18.6. The van der Waals surface area contributed by atoms with Gasteiger partial charge in [-0.3, -0.25) is 9.78 Å². The molecule has 2 aromatic carbocycles. The number of hydrogen-bond donors (Lipinski definition) is 2.